The molecule has 0 aliphatic heterocycles. The van der Waals surface area contributed by atoms with Gasteiger partial charge < -0.3 is 5.32 Å². The fraction of sp³-hybridized carbons (Fsp3) is 1.00. The Morgan fingerprint density at radius 1 is 1.60 bits per heavy atom. The van der Waals surface area contributed by atoms with Gasteiger partial charge in [-0.3, -0.25) is 0 Å². The lowest BCUT2D eigenvalue weighted by Gasteiger charge is -2.10. The molecule has 0 aromatic carbocycles. The second-order valence-corrected chi connectivity index (χ2v) is 4.02. The zero-order valence-corrected chi connectivity index (χ0v) is 8.15. The fourth-order valence-electron chi connectivity index (χ4n) is 0.956. The van der Waals surface area contributed by atoms with Crippen molar-refractivity contribution in [1.29, 1.82) is 0 Å². The van der Waals surface area contributed by atoms with E-state index in [1.165, 1.54) is 25.8 Å². The zero-order chi connectivity index (χ0) is 7.40. The van der Waals surface area contributed by atoms with Gasteiger partial charge in [-0.15, -0.1) is 0 Å². The van der Waals surface area contributed by atoms with Crippen LogP contribution in [-0.4, -0.2) is 17.9 Å². The van der Waals surface area contributed by atoms with Crippen molar-refractivity contribution in [1.82, 2.24) is 5.32 Å². The first-order valence-corrected chi connectivity index (χ1v) is 5.24. The van der Waals surface area contributed by atoms with Gasteiger partial charge in [-0.1, -0.05) is 15.9 Å². The quantitative estimate of drug-likeness (QED) is 0.679. The van der Waals surface area contributed by atoms with Crippen LogP contribution >= 0.6 is 15.9 Å². The molecular weight excluding hydrogens is 190 g/mol. The van der Waals surface area contributed by atoms with E-state index in [9.17, 15) is 0 Å². The summed E-state index contributed by atoms with van der Waals surface area (Å²) in [4.78, 5) is 0. The molecule has 1 atom stereocenters. The Morgan fingerprint density at radius 2 is 2.30 bits per heavy atom. The van der Waals surface area contributed by atoms with Crippen LogP contribution in [0.4, 0.5) is 0 Å². The summed E-state index contributed by atoms with van der Waals surface area (Å²) >= 11 is 3.43. The molecule has 0 radical (unpaired) electrons. The van der Waals surface area contributed by atoms with E-state index in [1.807, 2.05) is 0 Å². The van der Waals surface area contributed by atoms with Crippen LogP contribution in [0, 0.1) is 5.92 Å². The van der Waals surface area contributed by atoms with E-state index in [4.69, 9.17) is 0 Å². The smallest absolute Gasteiger partial charge is 0.00467 e. The second-order valence-electron chi connectivity index (χ2n) is 3.23. The number of nitrogens with one attached hydrogen (secondary N) is 1. The highest BCUT2D eigenvalue weighted by molar-refractivity contribution is 9.09. The predicted molar refractivity (Wildman–Crippen MR) is 48.6 cm³/mol. The van der Waals surface area contributed by atoms with Crippen LogP contribution in [-0.2, 0) is 0 Å². The van der Waals surface area contributed by atoms with E-state index < -0.39 is 0 Å². The van der Waals surface area contributed by atoms with Crippen LogP contribution in [0.15, 0.2) is 0 Å². The first-order valence-electron chi connectivity index (χ1n) is 4.12. The van der Waals surface area contributed by atoms with E-state index in [0.717, 1.165) is 11.2 Å². The third-order valence-electron chi connectivity index (χ3n) is 1.99. The molecule has 1 nitrogen and oxygen atoms in total. The minimum Gasteiger partial charge on any atom is -0.314 e. The highest BCUT2D eigenvalue weighted by Crippen LogP contribution is 2.27. The van der Waals surface area contributed by atoms with Crippen molar-refractivity contribution in [2.45, 2.75) is 32.2 Å². The van der Waals surface area contributed by atoms with Crippen LogP contribution in [0.2, 0.25) is 0 Å². The molecule has 1 N–H and O–H groups in total. The van der Waals surface area contributed by atoms with E-state index in [0.29, 0.717) is 6.04 Å². The zero-order valence-electron chi connectivity index (χ0n) is 6.57. The molecule has 60 valence electrons. The maximum absolute atomic E-state index is 3.52. The summed E-state index contributed by atoms with van der Waals surface area (Å²) in [5.74, 6) is 1.01. The lowest BCUT2D eigenvalue weighted by Crippen LogP contribution is -2.28. The van der Waals surface area contributed by atoms with Crippen LogP contribution in [0.1, 0.15) is 26.2 Å². The molecule has 0 aromatic heterocycles. The number of hydrogen-bond acceptors (Lipinski definition) is 1. The highest BCUT2D eigenvalue weighted by Gasteiger charge is 2.20. The van der Waals surface area contributed by atoms with Gasteiger partial charge in [0.1, 0.15) is 0 Å². The van der Waals surface area contributed by atoms with E-state index in [1.54, 1.807) is 0 Å². The van der Waals surface area contributed by atoms with Crippen molar-refractivity contribution in [3.8, 4) is 0 Å². The lowest BCUT2D eigenvalue weighted by molar-refractivity contribution is 0.520. The van der Waals surface area contributed by atoms with Gasteiger partial charge >= 0.3 is 0 Å². The second kappa shape index (κ2) is 4.35. The summed E-state index contributed by atoms with van der Waals surface area (Å²) in [6, 6.07) is 0.694. The maximum Gasteiger partial charge on any atom is 0.00467 e. The average Bonchev–Trinajstić information content (AvgIpc) is 2.67. The summed E-state index contributed by atoms with van der Waals surface area (Å²) in [6.45, 7) is 3.50. The van der Waals surface area contributed by atoms with E-state index in [-0.39, 0.29) is 0 Å². The van der Waals surface area contributed by atoms with Gasteiger partial charge in [0, 0.05) is 11.4 Å². The molecule has 0 bridgehead atoms. The largest absolute Gasteiger partial charge is 0.314 e. The molecule has 2 heteroatoms. The Kier molecular flexibility index (Phi) is 3.71. The first kappa shape index (κ1) is 8.54. The minimum absolute atomic E-state index is 0.694. The van der Waals surface area contributed by atoms with Crippen LogP contribution < -0.4 is 5.32 Å². The minimum atomic E-state index is 0.694. The molecule has 1 saturated carbocycles. The predicted octanol–water partition coefficient (Wildman–Crippen LogP) is 2.16. The Bertz CT molecular complexity index is 91.3. The molecule has 0 saturated heterocycles. The van der Waals surface area contributed by atoms with Gasteiger partial charge in [0.15, 0.2) is 0 Å². The highest BCUT2D eigenvalue weighted by atomic mass is 79.9. The van der Waals surface area contributed by atoms with Crippen LogP contribution in [0.25, 0.3) is 0 Å². The molecule has 1 unspecified atom stereocenters. The average molecular weight is 206 g/mol. The Morgan fingerprint density at radius 3 is 2.80 bits per heavy atom. The molecule has 1 rings (SSSR count). The Balaban J connectivity index is 1.89. The number of rotatable bonds is 5. The van der Waals surface area contributed by atoms with Crippen molar-refractivity contribution in [3.63, 3.8) is 0 Å². The van der Waals surface area contributed by atoms with Gasteiger partial charge in [-0.05, 0) is 38.6 Å². The molecule has 0 aromatic rings. The summed E-state index contributed by atoms with van der Waals surface area (Å²) in [7, 11) is 0. The van der Waals surface area contributed by atoms with Gasteiger partial charge in [-0.2, -0.15) is 0 Å². The van der Waals surface area contributed by atoms with Crippen LogP contribution in [0.5, 0.6) is 0 Å². The fourth-order valence-corrected chi connectivity index (χ4v) is 1.64. The van der Waals surface area contributed by atoms with Crippen LogP contribution in [0.3, 0.4) is 0 Å². The molecule has 1 fully saturated rings. The van der Waals surface area contributed by atoms with Crippen molar-refractivity contribution < 1.29 is 0 Å². The monoisotopic (exact) mass is 205 g/mol. The van der Waals surface area contributed by atoms with E-state index in [2.05, 4.69) is 28.2 Å². The van der Waals surface area contributed by atoms with Gasteiger partial charge in [0.05, 0.1) is 0 Å². The molecule has 1 aliphatic rings. The maximum atomic E-state index is 3.52. The van der Waals surface area contributed by atoms with Crippen molar-refractivity contribution in [2.75, 3.05) is 11.9 Å². The standard InChI is InChI=1S/C8H16BrN/c1-7(4-5-9)10-6-8-2-3-8/h7-8,10H,2-6H2,1H3. The Labute approximate surface area is 71.7 Å². The van der Waals surface area contributed by atoms with E-state index >= 15 is 0 Å². The number of alkyl halides is 1. The summed E-state index contributed by atoms with van der Waals surface area (Å²) < 4.78 is 0. The molecule has 0 amide bonds. The molecular formula is C8H16BrN. The molecule has 10 heavy (non-hydrogen) atoms. The van der Waals surface area contributed by atoms with Gasteiger partial charge in [-0.25, -0.2) is 0 Å². The topological polar surface area (TPSA) is 12.0 Å². The number of hydrogen-bond donors (Lipinski definition) is 1. The third kappa shape index (κ3) is 3.57. The van der Waals surface area contributed by atoms with Gasteiger partial charge in [0.2, 0.25) is 0 Å². The molecule has 1 aliphatic carbocycles. The molecule has 0 heterocycles. The van der Waals surface area contributed by atoms with Crippen molar-refractivity contribution >= 4 is 15.9 Å². The summed E-state index contributed by atoms with van der Waals surface area (Å²) in [5, 5.41) is 4.63. The lowest BCUT2D eigenvalue weighted by atomic mass is 10.2. The number of halogens is 1. The SMILES string of the molecule is CC(CCBr)NCC1CC1. The normalized spacial score (nSPS) is 21.0. The third-order valence-corrected chi connectivity index (χ3v) is 2.45. The van der Waals surface area contributed by atoms with Crippen molar-refractivity contribution in [3.05, 3.63) is 0 Å². The Hall–Kier alpha value is 0.440. The first-order chi connectivity index (χ1) is 4.83. The van der Waals surface area contributed by atoms with Gasteiger partial charge in [0.25, 0.3) is 0 Å². The van der Waals surface area contributed by atoms with Crippen molar-refractivity contribution in [2.24, 2.45) is 5.92 Å². The summed E-state index contributed by atoms with van der Waals surface area (Å²) in [5.41, 5.74) is 0. The summed E-state index contributed by atoms with van der Waals surface area (Å²) in [6.07, 6.45) is 4.15. The molecule has 0 spiro atoms.